The highest BCUT2D eigenvalue weighted by Crippen LogP contribution is 2.17. The van der Waals surface area contributed by atoms with Gasteiger partial charge in [0.2, 0.25) is 6.33 Å². The van der Waals surface area contributed by atoms with Crippen LogP contribution in [-0.4, -0.2) is 9.97 Å². The summed E-state index contributed by atoms with van der Waals surface area (Å²) in [5.74, 6) is 0. The van der Waals surface area contributed by atoms with Crippen molar-refractivity contribution in [1.29, 1.82) is 0 Å². The Hall–Kier alpha value is -1.59. The molecule has 0 aliphatic heterocycles. The zero-order chi connectivity index (χ0) is 9.47. The number of H-pyrrole nitrogens is 1. The Balaban J connectivity index is 2.72. The highest BCUT2D eigenvalue weighted by atomic mass is 19.4. The fourth-order valence-corrected chi connectivity index (χ4v) is 1.12. The first-order chi connectivity index (χ1) is 6.09. The van der Waals surface area contributed by atoms with Gasteiger partial charge in [0.25, 0.3) is 0 Å². The maximum absolute atomic E-state index is 12.3. The van der Waals surface area contributed by atoms with E-state index in [2.05, 4.69) is 9.97 Å². The topological polar surface area (TPSA) is 32.6 Å². The standard InChI is InChI=1S/C7H4F3N3/c8-7(9,10)13-4-12-5-3-11-2-1-6(5)13/h1-4H/p+1. The van der Waals surface area contributed by atoms with Crippen molar-refractivity contribution < 1.29 is 17.7 Å². The third kappa shape index (κ3) is 1.24. The van der Waals surface area contributed by atoms with Crippen molar-refractivity contribution >= 4 is 11.0 Å². The number of rotatable bonds is 0. The van der Waals surface area contributed by atoms with Crippen LogP contribution in [0.25, 0.3) is 11.0 Å². The smallest absolute Gasteiger partial charge is 0.260 e. The number of hydrogen-bond acceptors (Lipinski definition) is 1. The lowest BCUT2D eigenvalue weighted by atomic mass is 10.4. The zero-order valence-corrected chi connectivity index (χ0v) is 6.34. The van der Waals surface area contributed by atoms with Crippen LogP contribution in [-0.2, 0) is 6.30 Å². The van der Waals surface area contributed by atoms with Crippen LogP contribution in [0, 0.1) is 0 Å². The van der Waals surface area contributed by atoms with Gasteiger partial charge in [0, 0.05) is 12.3 Å². The summed E-state index contributed by atoms with van der Waals surface area (Å²) in [5, 5.41) is 0. The highest BCUT2D eigenvalue weighted by Gasteiger charge is 2.39. The van der Waals surface area contributed by atoms with Gasteiger partial charge in [-0.2, -0.15) is 0 Å². The molecular weight excluding hydrogens is 183 g/mol. The van der Waals surface area contributed by atoms with Crippen molar-refractivity contribution in [1.82, 2.24) is 9.97 Å². The molecule has 13 heavy (non-hydrogen) atoms. The molecule has 0 unspecified atom stereocenters. The summed E-state index contributed by atoms with van der Waals surface area (Å²) in [6.07, 6.45) is -0.859. The lowest BCUT2D eigenvalue weighted by Crippen LogP contribution is -2.45. The fraction of sp³-hybridized carbons (Fsp3) is 0.143. The maximum Gasteiger partial charge on any atom is 0.567 e. The molecule has 2 heterocycles. The summed E-state index contributed by atoms with van der Waals surface area (Å²) in [6, 6.07) is 1.30. The van der Waals surface area contributed by atoms with Crippen molar-refractivity contribution in [3.63, 3.8) is 0 Å². The first kappa shape index (κ1) is 8.03. The molecule has 0 aliphatic rings. The van der Waals surface area contributed by atoms with Crippen LogP contribution in [0.1, 0.15) is 0 Å². The Morgan fingerprint density at radius 1 is 1.38 bits per heavy atom. The van der Waals surface area contributed by atoms with E-state index in [0.29, 0.717) is 5.52 Å². The zero-order valence-electron chi connectivity index (χ0n) is 6.34. The molecule has 0 spiro atoms. The molecule has 0 amide bonds. The lowest BCUT2D eigenvalue weighted by Gasteiger charge is -1.99. The van der Waals surface area contributed by atoms with E-state index in [9.17, 15) is 13.2 Å². The molecule has 2 rings (SSSR count). The van der Waals surface area contributed by atoms with E-state index in [4.69, 9.17) is 0 Å². The van der Waals surface area contributed by atoms with Gasteiger partial charge in [-0.3, -0.25) is 4.98 Å². The molecule has 3 nitrogen and oxygen atoms in total. The van der Waals surface area contributed by atoms with Crippen molar-refractivity contribution in [3.8, 4) is 0 Å². The molecule has 0 fully saturated rings. The third-order valence-corrected chi connectivity index (χ3v) is 1.68. The average Bonchev–Trinajstić information content (AvgIpc) is 2.45. The van der Waals surface area contributed by atoms with E-state index in [0.717, 1.165) is 6.33 Å². The van der Waals surface area contributed by atoms with Crippen LogP contribution in [0.5, 0.6) is 0 Å². The largest absolute Gasteiger partial charge is 0.567 e. The minimum Gasteiger partial charge on any atom is -0.260 e. The number of nitrogens with one attached hydrogen (secondary N) is 1. The Bertz CT molecular complexity index is 432. The van der Waals surface area contributed by atoms with Gasteiger partial charge in [-0.25, -0.2) is 4.98 Å². The quantitative estimate of drug-likeness (QED) is 0.621. The normalized spacial score (nSPS) is 12.2. The van der Waals surface area contributed by atoms with Gasteiger partial charge in [-0.1, -0.05) is 0 Å². The summed E-state index contributed by atoms with van der Waals surface area (Å²) in [6.45, 7) is 0. The third-order valence-electron chi connectivity index (χ3n) is 1.68. The summed E-state index contributed by atoms with van der Waals surface area (Å²) < 4.78 is 37.0. The summed E-state index contributed by atoms with van der Waals surface area (Å²) in [4.78, 5) is 6.17. The second-order valence-corrected chi connectivity index (χ2v) is 2.50. The number of imidazole rings is 1. The summed E-state index contributed by atoms with van der Waals surface area (Å²) in [5.41, 5.74) is 0.433. The molecule has 6 heteroatoms. The minimum absolute atomic E-state index is 0.0718. The number of aromatic amines is 1. The minimum atomic E-state index is -4.39. The van der Waals surface area contributed by atoms with Gasteiger partial charge < -0.3 is 0 Å². The molecule has 0 aliphatic carbocycles. The monoisotopic (exact) mass is 188 g/mol. The van der Waals surface area contributed by atoms with Gasteiger partial charge in [0.1, 0.15) is 0 Å². The van der Waals surface area contributed by atoms with Crippen LogP contribution >= 0.6 is 0 Å². The SMILES string of the molecule is FC(F)(F)[n+]1c[nH]c2cnccc21. The van der Waals surface area contributed by atoms with E-state index in [1.807, 2.05) is 0 Å². The Morgan fingerprint density at radius 3 is 2.85 bits per heavy atom. The van der Waals surface area contributed by atoms with Gasteiger partial charge in [-0.05, 0) is 0 Å². The van der Waals surface area contributed by atoms with E-state index in [-0.39, 0.29) is 10.1 Å². The van der Waals surface area contributed by atoms with Crippen molar-refractivity contribution in [2.45, 2.75) is 6.30 Å². The second-order valence-electron chi connectivity index (χ2n) is 2.50. The molecule has 68 valence electrons. The van der Waals surface area contributed by atoms with Gasteiger partial charge in [0.15, 0.2) is 11.0 Å². The van der Waals surface area contributed by atoms with E-state index >= 15 is 0 Å². The first-order valence-corrected chi connectivity index (χ1v) is 3.49. The van der Waals surface area contributed by atoms with Crippen LogP contribution in [0.3, 0.4) is 0 Å². The Labute approximate surface area is 70.8 Å². The Kier molecular flexibility index (Phi) is 1.51. The number of hydrogen-bond donors (Lipinski definition) is 1. The van der Waals surface area contributed by atoms with Crippen molar-refractivity contribution in [2.75, 3.05) is 0 Å². The van der Waals surface area contributed by atoms with Crippen molar-refractivity contribution in [2.24, 2.45) is 0 Å². The molecule has 2 aromatic heterocycles. The summed E-state index contributed by atoms with van der Waals surface area (Å²) in [7, 11) is 0. The Morgan fingerprint density at radius 2 is 2.15 bits per heavy atom. The molecule has 0 saturated carbocycles. The number of aromatic nitrogens is 3. The maximum atomic E-state index is 12.3. The molecule has 0 saturated heterocycles. The van der Waals surface area contributed by atoms with Gasteiger partial charge in [0.05, 0.1) is 6.20 Å². The highest BCUT2D eigenvalue weighted by molar-refractivity contribution is 5.68. The predicted octanol–water partition coefficient (Wildman–Crippen LogP) is 1.33. The second kappa shape index (κ2) is 2.45. The number of halogens is 3. The fourth-order valence-electron chi connectivity index (χ4n) is 1.12. The van der Waals surface area contributed by atoms with Crippen LogP contribution in [0.15, 0.2) is 24.8 Å². The molecule has 1 N–H and O–H groups in total. The molecule has 0 atom stereocenters. The lowest BCUT2D eigenvalue weighted by molar-refractivity contribution is -0.836. The first-order valence-electron chi connectivity index (χ1n) is 3.49. The van der Waals surface area contributed by atoms with E-state index in [1.54, 1.807) is 0 Å². The van der Waals surface area contributed by atoms with E-state index < -0.39 is 6.30 Å². The number of alkyl halides is 3. The summed E-state index contributed by atoms with van der Waals surface area (Å²) >= 11 is 0. The van der Waals surface area contributed by atoms with Crippen LogP contribution in [0.4, 0.5) is 13.2 Å². The predicted molar refractivity (Wildman–Crippen MR) is 37.6 cm³/mol. The number of pyridine rings is 1. The molecule has 0 bridgehead atoms. The van der Waals surface area contributed by atoms with Gasteiger partial charge >= 0.3 is 6.30 Å². The van der Waals surface area contributed by atoms with Gasteiger partial charge in [-0.15, -0.1) is 17.7 Å². The molecular formula is C7H5F3N3+. The average molecular weight is 188 g/mol. The van der Waals surface area contributed by atoms with Crippen LogP contribution < -0.4 is 4.57 Å². The molecule has 2 aromatic rings. The number of nitrogens with zero attached hydrogens (tertiary/aromatic N) is 2. The molecule has 0 aromatic carbocycles. The number of fused-ring (bicyclic) bond motifs is 1. The molecule has 0 radical (unpaired) electrons. The van der Waals surface area contributed by atoms with Crippen molar-refractivity contribution in [3.05, 3.63) is 24.8 Å². The van der Waals surface area contributed by atoms with Crippen LogP contribution in [0.2, 0.25) is 0 Å². The van der Waals surface area contributed by atoms with E-state index in [1.165, 1.54) is 18.5 Å².